The number of aromatic nitrogens is 18. The van der Waals surface area contributed by atoms with E-state index < -0.39 is 0 Å². The summed E-state index contributed by atoms with van der Waals surface area (Å²) in [6, 6.07) is 0. The number of hydrogen-bond acceptors (Lipinski definition) is 34. The summed E-state index contributed by atoms with van der Waals surface area (Å²) in [5.74, 6) is 10.7. The van der Waals surface area contributed by atoms with E-state index >= 15 is 0 Å². The Morgan fingerprint density at radius 3 is 0.807 bits per heavy atom. The maximum atomic E-state index is 5.90. The summed E-state index contributed by atoms with van der Waals surface area (Å²) in [6.07, 6.45) is 8.35. The van der Waals surface area contributed by atoms with Crippen LogP contribution >= 0.6 is 35.3 Å². The molecule has 0 unspecified atom stereocenters. The van der Waals surface area contributed by atoms with E-state index in [9.17, 15) is 0 Å². The van der Waals surface area contributed by atoms with Crippen molar-refractivity contribution in [2.45, 2.75) is 113 Å². The molecule has 6 aromatic rings. The lowest BCUT2D eigenvalue weighted by molar-refractivity contribution is 0.686. The van der Waals surface area contributed by atoms with E-state index in [1.54, 1.807) is 35.3 Å². The van der Waals surface area contributed by atoms with E-state index in [2.05, 4.69) is 123 Å². The van der Waals surface area contributed by atoms with Crippen molar-refractivity contribution in [3.05, 3.63) is 34.9 Å². The van der Waals surface area contributed by atoms with Crippen LogP contribution in [-0.2, 0) is 38.5 Å². The molecule has 6 aromatic heterocycles. The van der Waals surface area contributed by atoms with E-state index in [0.717, 1.165) is 73.3 Å². The van der Waals surface area contributed by atoms with E-state index in [-0.39, 0.29) is 5.95 Å². The third kappa shape index (κ3) is 25.3. The predicted octanol–water partition coefficient (Wildman–Crippen LogP) is 2.20. The second-order valence-corrected chi connectivity index (χ2v) is 21.8. The van der Waals surface area contributed by atoms with Crippen molar-refractivity contribution in [2.24, 2.45) is 17.2 Å². The number of aryl methyl sites for hydroxylation is 6. The molecule has 17 N–H and O–H groups in total. The molecular weight excluding hydrogens is 1120 g/mol. The molecule has 34 heteroatoms. The lowest BCUT2D eigenvalue weighted by atomic mass is 10.3. The van der Waals surface area contributed by atoms with Gasteiger partial charge in [0, 0.05) is 111 Å². The summed E-state index contributed by atoms with van der Waals surface area (Å²) in [5.41, 5.74) is 23.1. The average Bonchev–Trinajstić information content (AvgIpc) is 3.53. The van der Waals surface area contributed by atoms with Crippen LogP contribution in [0.15, 0.2) is 15.5 Å². The molecule has 6 heterocycles. The number of nitrogen functional groups attached to an aromatic ring is 1. The van der Waals surface area contributed by atoms with Gasteiger partial charge in [0.05, 0.1) is 0 Å². The van der Waals surface area contributed by atoms with Crippen LogP contribution < -0.4 is 70.8 Å². The highest BCUT2D eigenvalue weighted by atomic mass is 32.2. The Morgan fingerprint density at radius 2 is 0.530 bits per heavy atom. The number of nitrogens with one attached hydrogen (secondary N) is 9. The van der Waals surface area contributed by atoms with Gasteiger partial charge in [0.15, 0.2) is 15.5 Å². The summed E-state index contributed by atoms with van der Waals surface area (Å²) in [4.78, 5) is 83.1. The maximum absolute atomic E-state index is 5.90. The van der Waals surface area contributed by atoms with Crippen molar-refractivity contribution in [2.75, 3.05) is 151 Å². The summed E-state index contributed by atoms with van der Waals surface area (Å²) < 4.78 is 0. The minimum atomic E-state index is 0.163. The highest BCUT2D eigenvalue weighted by molar-refractivity contribution is 7.99. The van der Waals surface area contributed by atoms with Crippen LogP contribution in [0.2, 0.25) is 0 Å². The Labute approximate surface area is 498 Å². The summed E-state index contributed by atoms with van der Waals surface area (Å²) >= 11 is 4.74. The predicted molar refractivity (Wildman–Crippen MR) is 332 cm³/mol. The zero-order valence-corrected chi connectivity index (χ0v) is 50.6. The van der Waals surface area contributed by atoms with Gasteiger partial charge in [-0.15, -0.1) is 0 Å². The number of thioether (sulfide) groups is 3. The Hall–Kier alpha value is -6.85. The van der Waals surface area contributed by atoms with Crippen molar-refractivity contribution < 1.29 is 0 Å². The molecule has 6 rings (SSSR count). The number of nitrogens with zero attached hydrogens (tertiary/aromatic N) is 18. The molecule has 0 aromatic carbocycles. The van der Waals surface area contributed by atoms with Gasteiger partial charge in [0.2, 0.25) is 53.5 Å². The highest BCUT2D eigenvalue weighted by Gasteiger charge is 2.14. The molecule has 0 bridgehead atoms. The molecule has 0 saturated carbocycles. The van der Waals surface area contributed by atoms with Gasteiger partial charge in [-0.05, 0) is 69.4 Å². The van der Waals surface area contributed by atoms with Crippen molar-refractivity contribution >= 4 is 88.8 Å². The molecular formula is C49H83N31S3. The number of anilines is 9. The van der Waals surface area contributed by atoms with Gasteiger partial charge in [0.25, 0.3) is 0 Å². The first-order chi connectivity index (χ1) is 40.7. The zero-order chi connectivity index (χ0) is 58.7. The molecule has 0 spiro atoms. The maximum Gasteiger partial charge on any atom is 0.227 e. The van der Waals surface area contributed by atoms with Gasteiger partial charge in [-0.3, -0.25) is 0 Å². The summed E-state index contributed by atoms with van der Waals surface area (Å²) in [6.45, 7) is 13.0. The fraction of sp³-hybridized carbons (Fsp3) is 0.633. The van der Waals surface area contributed by atoms with Crippen LogP contribution in [0.3, 0.4) is 0 Å². The Kier molecular flexibility index (Phi) is 30.0. The van der Waals surface area contributed by atoms with E-state index in [0.29, 0.717) is 198 Å². The van der Waals surface area contributed by atoms with Crippen LogP contribution in [0.25, 0.3) is 0 Å². The molecule has 31 nitrogen and oxygen atoms in total. The van der Waals surface area contributed by atoms with Gasteiger partial charge in [-0.2, -0.15) is 74.8 Å². The lowest BCUT2D eigenvalue weighted by Crippen LogP contribution is -2.18. The van der Waals surface area contributed by atoms with Crippen LogP contribution in [0, 0.1) is 0 Å². The third-order valence-electron chi connectivity index (χ3n) is 11.3. The second kappa shape index (κ2) is 38.1. The minimum Gasteiger partial charge on any atom is -0.368 e. The number of hydrogen-bond donors (Lipinski definition) is 13. The molecule has 0 aliphatic heterocycles. The van der Waals surface area contributed by atoms with Gasteiger partial charge in [0.1, 0.15) is 34.9 Å². The molecule has 0 atom stereocenters. The standard InChI is InChI=1S/C49H83N31S3/c1-5-81-47-72-35(14-8-23-54-4)69-44(78-47)58-27-10-16-33-65-40(76-42(67-33)61-30-21-51)56-25-13-19-37-71-46(80-49(74-37)83-7-3)59-28-11-17-34-66-41(77-43(68-34)62-31-22-52)55-24-12-18-36-70-45(79-48(73-36)82-6-2)57-26-9-15-32-63-38(53)75-39(64-32)60-29-20-50/h54H,5-31,50-52H2,1-4H3,(H,57,70,73,79)(H,58,69,72,78)(H,59,71,74,80)(H3,53,60,63,64,75)(H2,55,62,66,68,77)(H2,56,61,65,67,76). The molecule has 0 radical (unpaired) electrons. The summed E-state index contributed by atoms with van der Waals surface area (Å²) in [7, 11) is 1.94. The van der Waals surface area contributed by atoms with Crippen molar-refractivity contribution in [1.29, 1.82) is 0 Å². The van der Waals surface area contributed by atoms with E-state index in [1.807, 2.05) is 7.05 Å². The van der Waals surface area contributed by atoms with E-state index in [1.165, 1.54) is 0 Å². The molecule has 0 aliphatic rings. The zero-order valence-electron chi connectivity index (χ0n) is 48.2. The van der Waals surface area contributed by atoms with Gasteiger partial charge < -0.3 is 70.8 Å². The van der Waals surface area contributed by atoms with Crippen LogP contribution in [0.5, 0.6) is 0 Å². The smallest absolute Gasteiger partial charge is 0.227 e. The fourth-order valence-electron chi connectivity index (χ4n) is 7.57. The molecule has 0 aliphatic carbocycles. The van der Waals surface area contributed by atoms with Crippen molar-refractivity contribution in [3.63, 3.8) is 0 Å². The Morgan fingerprint density at radius 1 is 0.289 bits per heavy atom. The Balaban J connectivity index is 0.964. The van der Waals surface area contributed by atoms with Crippen molar-refractivity contribution in [3.8, 4) is 0 Å². The first-order valence-electron chi connectivity index (χ1n) is 28.5. The summed E-state index contributed by atoms with van der Waals surface area (Å²) in [5, 5.41) is 31.6. The fourth-order valence-corrected chi connectivity index (χ4v) is 9.30. The monoisotopic (exact) mass is 1200 g/mol. The van der Waals surface area contributed by atoms with Gasteiger partial charge in [-0.25, -0.2) is 15.0 Å². The minimum absolute atomic E-state index is 0.163. The van der Waals surface area contributed by atoms with Crippen LogP contribution in [0.1, 0.15) is 94.2 Å². The van der Waals surface area contributed by atoms with E-state index in [4.69, 9.17) is 57.8 Å². The highest BCUT2D eigenvalue weighted by Crippen LogP contribution is 2.19. The normalized spacial score (nSPS) is 11.2. The van der Waals surface area contributed by atoms with Crippen molar-refractivity contribution in [1.82, 2.24) is 95.0 Å². The average molecular weight is 1200 g/mol. The molecule has 0 amide bonds. The lowest BCUT2D eigenvalue weighted by Gasteiger charge is -2.12. The van der Waals surface area contributed by atoms with Crippen LogP contribution in [0.4, 0.5) is 53.5 Å². The largest absolute Gasteiger partial charge is 0.368 e. The molecule has 0 fully saturated rings. The van der Waals surface area contributed by atoms with Gasteiger partial charge >= 0.3 is 0 Å². The quantitative estimate of drug-likeness (QED) is 0.0193. The molecule has 83 heavy (non-hydrogen) atoms. The molecule has 0 saturated heterocycles. The topological polar surface area (TPSA) is 444 Å². The molecule has 452 valence electrons. The SMILES string of the molecule is CCSc1nc(CCCNC)nc(NCCCc2nc(NCCN)nc(NCCCc3nc(NCCCc4nc(NCCN)nc(NCCCc5nc(NCCCc6nc(N)nc(NCCN)n6)nc(SCC)n5)n4)nc(SCC)n3)n2)n1. The number of nitrogens with two attached hydrogens (primary N) is 4. The Bertz CT molecular complexity index is 2820. The third-order valence-corrected chi connectivity index (χ3v) is 13.5. The number of rotatable bonds is 44. The second-order valence-electron chi connectivity index (χ2n) is 18.1. The van der Waals surface area contributed by atoms with Gasteiger partial charge in [-0.1, -0.05) is 56.1 Å². The van der Waals surface area contributed by atoms with Crippen LogP contribution in [-0.4, -0.2) is 193 Å². The first-order valence-corrected chi connectivity index (χ1v) is 31.4. The first kappa shape index (κ1) is 65.3.